The molecule has 1 fully saturated rings. The lowest BCUT2D eigenvalue weighted by Crippen LogP contribution is -2.31. The van der Waals surface area contributed by atoms with E-state index in [2.05, 4.69) is 12.2 Å². The van der Waals surface area contributed by atoms with Crippen LogP contribution in [0.3, 0.4) is 0 Å². The number of hydrogen-bond donors (Lipinski definition) is 1. The third kappa shape index (κ3) is 5.83. The summed E-state index contributed by atoms with van der Waals surface area (Å²) in [7, 11) is 1.70. The van der Waals surface area contributed by atoms with Crippen molar-refractivity contribution in [2.75, 3.05) is 40.0 Å². The molecule has 1 aliphatic carbocycles. The molecule has 1 saturated carbocycles. The van der Waals surface area contributed by atoms with Gasteiger partial charge in [0.05, 0.1) is 19.8 Å². The van der Waals surface area contributed by atoms with Crippen molar-refractivity contribution >= 4 is 0 Å². The fourth-order valence-corrected chi connectivity index (χ4v) is 2.37. The number of ether oxygens (including phenoxy) is 2. The van der Waals surface area contributed by atoms with E-state index >= 15 is 0 Å². The first-order valence-corrected chi connectivity index (χ1v) is 6.62. The molecule has 0 bridgehead atoms. The maximum atomic E-state index is 5.40. The molecule has 1 rings (SSSR count). The van der Waals surface area contributed by atoms with Crippen LogP contribution in [0.5, 0.6) is 0 Å². The molecule has 96 valence electrons. The summed E-state index contributed by atoms with van der Waals surface area (Å²) in [6, 6.07) is 0. The van der Waals surface area contributed by atoms with Gasteiger partial charge < -0.3 is 14.8 Å². The molecule has 0 aliphatic heterocycles. The quantitative estimate of drug-likeness (QED) is 0.646. The molecule has 0 heterocycles. The highest BCUT2D eigenvalue weighted by atomic mass is 16.5. The molecule has 0 aromatic heterocycles. The SMILES string of the molecule is COCCOCCNCC1CCCCC1C. The molecule has 16 heavy (non-hydrogen) atoms. The zero-order valence-corrected chi connectivity index (χ0v) is 10.8. The Morgan fingerprint density at radius 3 is 2.69 bits per heavy atom. The van der Waals surface area contributed by atoms with E-state index in [0.29, 0.717) is 13.2 Å². The Morgan fingerprint density at radius 1 is 1.12 bits per heavy atom. The van der Waals surface area contributed by atoms with Gasteiger partial charge in [-0.05, 0) is 24.8 Å². The summed E-state index contributed by atoms with van der Waals surface area (Å²) >= 11 is 0. The molecule has 0 spiro atoms. The van der Waals surface area contributed by atoms with E-state index in [-0.39, 0.29) is 0 Å². The first-order chi connectivity index (χ1) is 7.84. The average Bonchev–Trinajstić information content (AvgIpc) is 2.30. The lowest BCUT2D eigenvalue weighted by molar-refractivity contribution is 0.0711. The monoisotopic (exact) mass is 229 g/mol. The van der Waals surface area contributed by atoms with Gasteiger partial charge in [0.15, 0.2) is 0 Å². The smallest absolute Gasteiger partial charge is 0.0700 e. The molecule has 0 amide bonds. The van der Waals surface area contributed by atoms with Crippen LogP contribution in [0, 0.1) is 11.8 Å². The van der Waals surface area contributed by atoms with Crippen LogP contribution in [0.2, 0.25) is 0 Å². The zero-order chi connectivity index (χ0) is 11.6. The van der Waals surface area contributed by atoms with Crippen LogP contribution in [-0.4, -0.2) is 40.0 Å². The molecule has 0 radical (unpaired) electrons. The highest BCUT2D eigenvalue weighted by Gasteiger charge is 2.20. The predicted octanol–water partition coefficient (Wildman–Crippen LogP) is 2.07. The maximum absolute atomic E-state index is 5.40. The lowest BCUT2D eigenvalue weighted by Gasteiger charge is -2.28. The highest BCUT2D eigenvalue weighted by molar-refractivity contribution is 4.73. The lowest BCUT2D eigenvalue weighted by atomic mass is 9.80. The second kappa shape index (κ2) is 8.97. The molecule has 0 aromatic rings. The average molecular weight is 229 g/mol. The Morgan fingerprint density at radius 2 is 1.94 bits per heavy atom. The van der Waals surface area contributed by atoms with Gasteiger partial charge in [0.1, 0.15) is 0 Å². The van der Waals surface area contributed by atoms with Crippen LogP contribution in [0.25, 0.3) is 0 Å². The molecule has 2 unspecified atom stereocenters. The summed E-state index contributed by atoms with van der Waals surface area (Å²) in [6.07, 6.45) is 5.66. The number of hydrogen-bond acceptors (Lipinski definition) is 3. The Labute approximate surface area is 99.9 Å². The van der Waals surface area contributed by atoms with Crippen molar-refractivity contribution in [1.29, 1.82) is 0 Å². The van der Waals surface area contributed by atoms with Crippen LogP contribution in [-0.2, 0) is 9.47 Å². The van der Waals surface area contributed by atoms with E-state index in [1.807, 2.05) is 0 Å². The van der Waals surface area contributed by atoms with Crippen molar-refractivity contribution in [1.82, 2.24) is 5.32 Å². The fourth-order valence-electron chi connectivity index (χ4n) is 2.37. The molecule has 3 heteroatoms. The first kappa shape index (κ1) is 13.9. The Kier molecular flexibility index (Phi) is 7.81. The van der Waals surface area contributed by atoms with Crippen molar-refractivity contribution in [3.05, 3.63) is 0 Å². The Balaban J connectivity index is 1.90. The Bertz CT molecular complexity index is 164. The van der Waals surface area contributed by atoms with E-state index in [1.165, 1.54) is 25.7 Å². The van der Waals surface area contributed by atoms with Crippen LogP contribution in [0.15, 0.2) is 0 Å². The minimum absolute atomic E-state index is 0.694. The molecule has 0 saturated heterocycles. The molecule has 1 aliphatic rings. The van der Waals surface area contributed by atoms with Gasteiger partial charge in [-0.15, -0.1) is 0 Å². The zero-order valence-electron chi connectivity index (χ0n) is 10.8. The van der Waals surface area contributed by atoms with Gasteiger partial charge in [-0.3, -0.25) is 0 Å². The van der Waals surface area contributed by atoms with Crippen LogP contribution < -0.4 is 5.32 Å². The normalized spacial score (nSPS) is 25.9. The third-order valence-electron chi connectivity index (χ3n) is 3.55. The molecule has 3 nitrogen and oxygen atoms in total. The number of nitrogens with one attached hydrogen (secondary N) is 1. The number of rotatable bonds is 8. The van der Waals surface area contributed by atoms with Crippen LogP contribution in [0.4, 0.5) is 0 Å². The molecule has 0 aromatic carbocycles. The second-order valence-corrected chi connectivity index (χ2v) is 4.83. The minimum Gasteiger partial charge on any atom is -0.382 e. The largest absolute Gasteiger partial charge is 0.382 e. The predicted molar refractivity (Wildman–Crippen MR) is 66.7 cm³/mol. The summed E-state index contributed by atoms with van der Waals surface area (Å²) in [5, 5.41) is 3.50. The fraction of sp³-hybridized carbons (Fsp3) is 1.00. The summed E-state index contributed by atoms with van der Waals surface area (Å²) in [4.78, 5) is 0. The standard InChI is InChI=1S/C13H27NO2/c1-12-5-3-4-6-13(12)11-14-7-8-16-10-9-15-2/h12-14H,3-11H2,1-2H3. The van der Waals surface area contributed by atoms with E-state index < -0.39 is 0 Å². The summed E-state index contributed by atoms with van der Waals surface area (Å²) in [5.41, 5.74) is 0. The van der Waals surface area contributed by atoms with Gasteiger partial charge >= 0.3 is 0 Å². The molecular formula is C13H27NO2. The first-order valence-electron chi connectivity index (χ1n) is 6.62. The van der Waals surface area contributed by atoms with Crippen molar-refractivity contribution < 1.29 is 9.47 Å². The molecule has 1 N–H and O–H groups in total. The summed E-state index contributed by atoms with van der Waals surface area (Å²) < 4.78 is 10.3. The van der Waals surface area contributed by atoms with Crippen molar-refractivity contribution in [3.8, 4) is 0 Å². The van der Waals surface area contributed by atoms with Crippen LogP contribution in [0.1, 0.15) is 32.6 Å². The highest BCUT2D eigenvalue weighted by Crippen LogP contribution is 2.28. The van der Waals surface area contributed by atoms with Crippen molar-refractivity contribution in [2.24, 2.45) is 11.8 Å². The van der Waals surface area contributed by atoms with E-state index in [9.17, 15) is 0 Å². The maximum Gasteiger partial charge on any atom is 0.0700 e. The third-order valence-corrected chi connectivity index (χ3v) is 3.55. The summed E-state index contributed by atoms with van der Waals surface area (Å²) in [6.45, 7) is 6.71. The van der Waals surface area contributed by atoms with Crippen molar-refractivity contribution in [2.45, 2.75) is 32.6 Å². The van der Waals surface area contributed by atoms with Gasteiger partial charge in [-0.2, -0.15) is 0 Å². The van der Waals surface area contributed by atoms with Gasteiger partial charge in [0.25, 0.3) is 0 Å². The van der Waals surface area contributed by atoms with E-state index in [0.717, 1.165) is 31.5 Å². The van der Waals surface area contributed by atoms with Gasteiger partial charge in [-0.25, -0.2) is 0 Å². The van der Waals surface area contributed by atoms with Gasteiger partial charge in [-0.1, -0.05) is 26.2 Å². The second-order valence-electron chi connectivity index (χ2n) is 4.83. The van der Waals surface area contributed by atoms with Gasteiger partial charge in [0, 0.05) is 13.7 Å². The van der Waals surface area contributed by atoms with E-state index in [4.69, 9.17) is 9.47 Å². The van der Waals surface area contributed by atoms with Gasteiger partial charge in [0.2, 0.25) is 0 Å². The molecular weight excluding hydrogens is 202 g/mol. The van der Waals surface area contributed by atoms with E-state index in [1.54, 1.807) is 7.11 Å². The van der Waals surface area contributed by atoms with Crippen molar-refractivity contribution in [3.63, 3.8) is 0 Å². The topological polar surface area (TPSA) is 30.5 Å². The Hall–Kier alpha value is -0.120. The minimum atomic E-state index is 0.694. The summed E-state index contributed by atoms with van der Waals surface area (Å²) in [5.74, 6) is 1.78. The number of methoxy groups -OCH3 is 1. The molecule has 2 atom stereocenters. The van der Waals surface area contributed by atoms with Crippen LogP contribution >= 0.6 is 0 Å².